The van der Waals surface area contributed by atoms with Gasteiger partial charge in [0.15, 0.2) is 0 Å². The van der Waals surface area contributed by atoms with Gasteiger partial charge in [0, 0.05) is 44.7 Å². The highest BCUT2D eigenvalue weighted by Crippen LogP contribution is 2.31. The Hall–Kier alpha value is -1.10. The number of rotatable bonds is 3. The number of hydrogen-bond donors (Lipinski definition) is 1. The van der Waals surface area contributed by atoms with Crippen LogP contribution in [0.15, 0.2) is 18.2 Å². The van der Waals surface area contributed by atoms with Gasteiger partial charge < -0.3 is 10.1 Å². The van der Waals surface area contributed by atoms with Crippen molar-refractivity contribution in [2.75, 3.05) is 45.9 Å². The van der Waals surface area contributed by atoms with E-state index in [1.54, 1.807) is 0 Å². The molecule has 23 heavy (non-hydrogen) atoms. The zero-order chi connectivity index (χ0) is 15.6. The maximum Gasteiger partial charge on any atom is 0.122 e. The fourth-order valence-corrected chi connectivity index (χ4v) is 4.32. The van der Waals surface area contributed by atoms with E-state index in [1.165, 1.54) is 63.2 Å². The molecule has 0 amide bonds. The molecule has 2 saturated heterocycles. The van der Waals surface area contributed by atoms with Crippen molar-refractivity contribution in [3.05, 3.63) is 29.3 Å². The van der Waals surface area contributed by atoms with E-state index >= 15 is 0 Å². The van der Waals surface area contributed by atoms with Crippen LogP contribution in [-0.4, -0.2) is 61.7 Å². The molecule has 3 aliphatic rings. The molecule has 0 aromatic heterocycles. The van der Waals surface area contributed by atoms with E-state index in [9.17, 15) is 0 Å². The Balaban J connectivity index is 1.36. The molecule has 4 nitrogen and oxygen atoms in total. The maximum atomic E-state index is 5.74. The lowest BCUT2D eigenvalue weighted by atomic mass is 10.0. The molecule has 0 aliphatic carbocycles. The smallest absolute Gasteiger partial charge is 0.122 e. The molecular weight excluding hydrogens is 286 g/mol. The van der Waals surface area contributed by atoms with Gasteiger partial charge in [0.2, 0.25) is 0 Å². The van der Waals surface area contributed by atoms with Gasteiger partial charge in [-0.05, 0) is 50.0 Å². The Morgan fingerprint density at radius 3 is 2.70 bits per heavy atom. The van der Waals surface area contributed by atoms with Crippen LogP contribution in [0, 0.1) is 0 Å². The number of nitrogens with zero attached hydrogens (tertiary/aromatic N) is 2. The van der Waals surface area contributed by atoms with Crippen LogP contribution < -0.4 is 10.1 Å². The molecule has 0 radical (unpaired) electrons. The minimum atomic E-state index is 0.486. The van der Waals surface area contributed by atoms with Crippen molar-refractivity contribution < 1.29 is 4.74 Å². The molecule has 4 rings (SSSR count). The highest BCUT2D eigenvalue weighted by atomic mass is 16.5. The lowest BCUT2D eigenvalue weighted by Crippen LogP contribution is -2.53. The highest BCUT2D eigenvalue weighted by Gasteiger charge is 2.27. The van der Waals surface area contributed by atoms with Crippen molar-refractivity contribution in [1.82, 2.24) is 15.1 Å². The number of piperidine rings is 1. The Labute approximate surface area is 139 Å². The molecule has 0 spiro atoms. The van der Waals surface area contributed by atoms with E-state index in [2.05, 4.69) is 40.2 Å². The van der Waals surface area contributed by atoms with Gasteiger partial charge in [0.1, 0.15) is 5.75 Å². The molecule has 1 aromatic carbocycles. The summed E-state index contributed by atoms with van der Waals surface area (Å²) in [5.41, 5.74) is 2.78. The van der Waals surface area contributed by atoms with E-state index in [0.29, 0.717) is 6.04 Å². The van der Waals surface area contributed by atoms with Gasteiger partial charge in [-0.15, -0.1) is 0 Å². The second kappa shape index (κ2) is 6.80. The van der Waals surface area contributed by atoms with Crippen LogP contribution in [0.4, 0.5) is 0 Å². The first-order valence-corrected chi connectivity index (χ1v) is 9.26. The summed E-state index contributed by atoms with van der Waals surface area (Å²) in [7, 11) is 0. The minimum Gasteiger partial charge on any atom is -0.493 e. The van der Waals surface area contributed by atoms with E-state index in [4.69, 9.17) is 4.74 Å². The lowest BCUT2D eigenvalue weighted by molar-refractivity contribution is 0.0626. The third kappa shape index (κ3) is 3.25. The molecule has 126 valence electrons. The van der Waals surface area contributed by atoms with Crippen LogP contribution in [0.1, 0.15) is 36.9 Å². The zero-order valence-electron chi connectivity index (χ0n) is 14.3. The van der Waals surface area contributed by atoms with Crippen LogP contribution in [0.3, 0.4) is 0 Å². The molecule has 1 unspecified atom stereocenters. The van der Waals surface area contributed by atoms with Gasteiger partial charge in [0.05, 0.1) is 6.61 Å². The summed E-state index contributed by atoms with van der Waals surface area (Å²) in [6, 6.07) is 8.13. The van der Waals surface area contributed by atoms with Crippen molar-refractivity contribution in [1.29, 1.82) is 0 Å². The second-order valence-corrected chi connectivity index (χ2v) is 7.19. The van der Waals surface area contributed by atoms with Crippen molar-refractivity contribution in [2.45, 2.75) is 38.3 Å². The van der Waals surface area contributed by atoms with Crippen LogP contribution >= 0.6 is 0 Å². The first-order chi connectivity index (χ1) is 11.3. The van der Waals surface area contributed by atoms with E-state index in [0.717, 1.165) is 24.8 Å². The van der Waals surface area contributed by atoms with Gasteiger partial charge in [-0.2, -0.15) is 0 Å². The summed E-state index contributed by atoms with van der Waals surface area (Å²) < 4.78 is 5.74. The summed E-state index contributed by atoms with van der Waals surface area (Å²) in [4.78, 5) is 5.35. The molecule has 3 aliphatic heterocycles. The minimum absolute atomic E-state index is 0.486. The first-order valence-electron chi connectivity index (χ1n) is 9.26. The number of ether oxygens (including phenoxy) is 1. The van der Waals surface area contributed by atoms with Crippen molar-refractivity contribution in [3.63, 3.8) is 0 Å². The van der Waals surface area contributed by atoms with Crippen LogP contribution in [0.25, 0.3) is 0 Å². The number of nitrogens with one attached hydrogen (secondary N) is 1. The largest absolute Gasteiger partial charge is 0.493 e. The van der Waals surface area contributed by atoms with Gasteiger partial charge in [-0.25, -0.2) is 0 Å². The zero-order valence-corrected chi connectivity index (χ0v) is 14.3. The van der Waals surface area contributed by atoms with Gasteiger partial charge >= 0.3 is 0 Å². The molecular formula is C19H29N3O. The second-order valence-electron chi connectivity index (χ2n) is 7.19. The van der Waals surface area contributed by atoms with E-state index in [-0.39, 0.29) is 0 Å². The van der Waals surface area contributed by atoms with Crippen molar-refractivity contribution in [3.8, 4) is 5.75 Å². The molecule has 0 saturated carbocycles. The van der Waals surface area contributed by atoms with Crippen molar-refractivity contribution >= 4 is 0 Å². The highest BCUT2D eigenvalue weighted by molar-refractivity contribution is 5.41. The van der Waals surface area contributed by atoms with Crippen LogP contribution in [0.2, 0.25) is 0 Å². The van der Waals surface area contributed by atoms with Crippen LogP contribution in [-0.2, 0) is 6.42 Å². The Bertz CT molecular complexity index is 533. The SMILES string of the molecule is CC(c1ccc2c(c1)OCC2)N1CCN(C2CCNCC2)CC1. The molecule has 2 fully saturated rings. The standard InChI is InChI=1S/C19H29N3O/c1-15(17-3-2-16-6-13-23-19(16)14-17)21-9-11-22(12-10-21)18-4-7-20-8-5-18/h2-3,14-15,18,20H,4-13H2,1H3. The predicted molar refractivity (Wildman–Crippen MR) is 93.1 cm³/mol. The number of piperazine rings is 1. The monoisotopic (exact) mass is 315 g/mol. The third-order valence-electron chi connectivity index (χ3n) is 5.92. The Kier molecular flexibility index (Phi) is 4.56. The average molecular weight is 315 g/mol. The van der Waals surface area contributed by atoms with E-state index in [1.807, 2.05) is 0 Å². The van der Waals surface area contributed by atoms with Crippen molar-refractivity contribution in [2.24, 2.45) is 0 Å². The summed E-state index contributed by atoms with van der Waals surface area (Å²) in [5, 5.41) is 3.47. The van der Waals surface area contributed by atoms with Crippen LogP contribution in [0.5, 0.6) is 5.75 Å². The van der Waals surface area contributed by atoms with E-state index < -0.39 is 0 Å². The number of hydrogen-bond acceptors (Lipinski definition) is 4. The molecule has 1 N–H and O–H groups in total. The fourth-order valence-electron chi connectivity index (χ4n) is 4.32. The molecule has 1 atom stereocenters. The average Bonchev–Trinajstić information content (AvgIpc) is 3.10. The fraction of sp³-hybridized carbons (Fsp3) is 0.684. The number of benzene rings is 1. The first kappa shape index (κ1) is 15.4. The maximum absolute atomic E-state index is 5.74. The summed E-state index contributed by atoms with van der Waals surface area (Å²) >= 11 is 0. The lowest BCUT2D eigenvalue weighted by Gasteiger charge is -2.42. The Morgan fingerprint density at radius 2 is 1.91 bits per heavy atom. The molecule has 4 heteroatoms. The molecule has 3 heterocycles. The van der Waals surface area contributed by atoms with Gasteiger partial charge in [-0.1, -0.05) is 12.1 Å². The summed E-state index contributed by atoms with van der Waals surface area (Å²) in [6.45, 7) is 10.4. The predicted octanol–water partition coefficient (Wildman–Crippen LogP) is 2.05. The normalized spacial score (nSPS) is 25.1. The Morgan fingerprint density at radius 1 is 1.13 bits per heavy atom. The molecule has 0 bridgehead atoms. The molecule has 1 aromatic rings. The van der Waals surface area contributed by atoms with Gasteiger partial charge in [-0.3, -0.25) is 9.80 Å². The topological polar surface area (TPSA) is 27.7 Å². The quantitative estimate of drug-likeness (QED) is 0.924. The summed E-state index contributed by atoms with van der Waals surface area (Å²) in [6.07, 6.45) is 3.70. The number of fused-ring (bicyclic) bond motifs is 1. The van der Waals surface area contributed by atoms with Gasteiger partial charge in [0.25, 0.3) is 0 Å². The third-order valence-corrected chi connectivity index (χ3v) is 5.92. The summed E-state index contributed by atoms with van der Waals surface area (Å²) in [5.74, 6) is 1.11.